The van der Waals surface area contributed by atoms with E-state index in [2.05, 4.69) is 46.4 Å². The maximum Gasteiger partial charge on any atom is 0.224 e. The lowest BCUT2D eigenvalue weighted by Crippen LogP contribution is -2.14. The summed E-state index contributed by atoms with van der Waals surface area (Å²) in [7, 11) is 0. The van der Waals surface area contributed by atoms with Crippen LogP contribution in [0.5, 0.6) is 0 Å². The number of rotatable bonds is 6. The smallest absolute Gasteiger partial charge is 0.224 e. The van der Waals surface area contributed by atoms with Crippen LogP contribution in [0.15, 0.2) is 34.1 Å². The number of hydrogen-bond acceptors (Lipinski definition) is 2. The van der Waals surface area contributed by atoms with Crippen LogP contribution < -0.4 is 5.32 Å². The highest BCUT2D eigenvalue weighted by Gasteiger charge is 2.08. The van der Waals surface area contributed by atoms with Crippen LogP contribution in [0.25, 0.3) is 0 Å². The molecule has 0 saturated heterocycles. The molecule has 0 bridgehead atoms. The van der Waals surface area contributed by atoms with Crippen molar-refractivity contribution in [2.24, 2.45) is 0 Å². The molecule has 0 saturated carbocycles. The third-order valence-corrected chi connectivity index (χ3v) is 5.14. The zero-order valence-corrected chi connectivity index (χ0v) is 14.8. The Morgan fingerprint density at radius 2 is 2.10 bits per heavy atom. The molecule has 0 aliphatic carbocycles. The van der Waals surface area contributed by atoms with E-state index in [4.69, 9.17) is 0 Å². The van der Waals surface area contributed by atoms with E-state index in [0.29, 0.717) is 6.42 Å². The minimum Gasteiger partial charge on any atom is -0.326 e. The van der Waals surface area contributed by atoms with Gasteiger partial charge in [0.15, 0.2) is 0 Å². The van der Waals surface area contributed by atoms with E-state index in [1.807, 2.05) is 19.1 Å². The highest BCUT2D eigenvalue weighted by atomic mass is 79.9. The molecule has 4 heteroatoms. The first kappa shape index (κ1) is 16.2. The van der Waals surface area contributed by atoms with Crippen molar-refractivity contribution in [3.63, 3.8) is 0 Å². The summed E-state index contributed by atoms with van der Waals surface area (Å²) < 4.78 is 1.15. The number of para-hydroxylation sites is 1. The summed E-state index contributed by atoms with van der Waals surface area (Å²) in [5.74, 6) is 0.106. The Morgan fingerprint density at radius 3 is 2.76 bits per heavy atom. The number of carbonyl (C=O) groups is 1. The van der Waals surface area contributed by atoms with Gasteiger partial charge in [-0.15, -0.1) is 11.3 Å². The van der Waals surface area contributed by atoms with Crippen LogP contribution in [0.3, 0.4) is 0 Å². The molecule has 1 aromatic carbocycles. The van der Waals surface area contributed by atoms with Gasteiger partial charge in [0.05, 0.1) is 3.79 Å². The Labute approximate surface area is 138 Å². The van der Waals surface area contributed by atoms with E-state index in [0.717, 1.165) is 34.3 Å². The molecule has 0 spiro atoms. The molecule has 2 aromatic rings. The molecule has 2 nitrogen and oxygen atoms in total. The number of nitrogens with one attached hydrogen (secondary N) is 1. The lowest BCUT2D eigenvalue weighted by atomic mass is 10.1. The number of thiophene rings is 1. The predicted octanol–water partition coefficient (Wildman–Crippen LogP) is 5.34. The SMILES string of the molecule is CCc1cccc(C)c1NC(=O)CCCc1ccc(Br)s1. The molecule has 1 N–H and O–H groups in total. The fourth-order valence-electron chi connectivity index (χ4n) is 2.31. The van der Waals surface area contributed by atoms with E-state index in [9.17, 15) is 4.79 Å². The van der Waals surface area contributed by atoms with Crippen LogP contribution in [-0.2, 0) is 17.6 Å². The molecular weight excluding hydrogens is 346 g/mol. The summed E-state index contributed by atoms with van der Waals surface area (Å²) >= 11 is 5.20. The lowest BCUT2D eigenvalue weighted by molar-refractivity contribution is -0.116. The molecule has 0 atom stereocenters. The van der Waals surface area contributed by atoms with Gasteiger partial charge in [-0.05, 0) is 65.4 Å². The number of halogens is 1. The fourth-order valence-corrected chi connectivity index (χ4v) is 3.84. The summed E-state index contributed by atoms with van der Waals surface area (Å²) in [5.41, 5.74) is 3.32. The van der Waals surface area contributed by atoms with Gasteiger partial charge in [0.1, 0.15) is 0 Å². The van der Waals surface area contributed by atoms with Crippen LogP contribution in [0, 0.1) is 6.92 Å². The molecule has 112 valence electrons. The van der Waals surface area contributed by atoms with E-state index in [1.54, 1.807) is 11.3 Å². The van der Waals surface area contributed by atoms with E-state index < -0.39 is 0 Å². The van der Waals surface area contributed by atoms with E-state index in [1.165, 1.54) is 10.4 Å². The molecule has 0 radical (unpaired) electrons. The first-order valence-electron chi connectivity index (χ1n) is 7.22. The van der Waals surface area contributed by atoms with Crippen molar-refractivity contribution >= 4 is 38.9 Å². The Balaban J connectivity index is 1.87. The van der Waals surface area contributed by atoms with Crippen molar-refractivity contribution in [2.75, 3.05) is 5.32 Å². The molecule has 1 aromatic heterocycles. The minimum atomic E-state index is 0.106. The van der Waals surface area contributed by atoms with Crippen LogP contribution in [0.1, 0.15) is 35.8 Å². The second-order valence-electron chi connectivity index (χ2n) is 5.07. The predicted molar refractivity (Wildman–Crippen MR) is 94.1 cm³/mol. The number of anilines is 1. The van der Waals surface area contributed by atoms with Gasteiger partial charge in [-0.2, -0.15) is 0 Å². The molecular formula is C17H20BrNOS. The third kappa shape index (κ3) is 4.68. The average molecular weight is 366 g/mol. The van der Waals surface area contributed by atoms with Gasteiger partial charge in [-0.25, -0.2) is 0 Å². The highest BCUT2D eigenvalue weighted by molar-refractivity contribution is 9.11. The molecule has 0 aliphatic heterocycles. The van der Waals surface area contributed by atoms with Crippen molar-refractivity contribution in [2.45, 2.75) is 39.5 Å². The first-order valence-corrected chi connectivity index (χ1v) is 8.83. The second kappa shape index (κ2) is 7.76. The largest absolute Gasteiger partial charge is 0.326 e. The topological polar surface area (TPSA) is 29.1 Å². The molecule has 0 fully saturated rings. The van der Waals surface area contributed by atoms with Gasteiger partial charge in [-0.3, -0.25) is 4.79 Å². The molecule has 1 heterocycles. The summed E-state index contributed by atoms with van der Waals surface area (Å²) in [5, 5.41) is 3.08. The normalized spacial score (nSPS) is 10.6. The average Bonchev–Trinajstić information content (AvgIpc) is 2.86. The number of aryl methyl sites for hydroxylation is 3. The second-order valence-corrected chi connectivity index (χ2v) is 7.62. The van der Waals surface area contributed by atoms with Gasteiger partial charge < -0.3 is 5.32 Å². The van der Waals surface area contributed by atoms with Gasteiger partial charge in [0.25, 0.3) is 0 Å². The number of carbonyl (C=O) groups excluding carboxylic acids is 1. The molecule has 1 amide bonds. The number of benzene rings is 1. The zero-order chi connectivity index (χ0) is 15.2. The number of amides is 1. The quantitative estimate of drug-likeness (QED) is 0.734. The molecule has 0 aliphatic rings. The molecule has 2 rings (SSSR count). The van der Waals surface area contributed by atoms with Crippen molar-refractivity contribution in [3.05, 3.63) is 50.1 Å². The van der Waals surface area contributed by atoms with Gasteiger partial charge >= 0.3 is 0 Å². The molecule has 21 heavy (non-hydrogen) atoms. The van der Waals surface area contributed by atoms with Gasteiger partial charge in [0, 0.05) is 17.0 Å². The minimum absolute atomic E-state index is 0.106. The molecule has 0 unspecified atom stereocenters. The Morgan fingerprint density at radius 1 is 1.29 bits per heavy atom. The van der Waals surface area contributed by atoms with Crippen molar-refractivity contribution in [3.8, 4) is 0 Å². The van der Waals surface area contributed by atoms with Crippen LogP contribution in [0.2, 0.25) is 0 Å². The van der Waals surface area contributed by atoms with E-state index >= 15 is 0 Å². The van der Waals surface area contributed by atoms with Crippen molar-refractivity contribution < 1.29 is 4.79 Å². The summed E-state index contributed by atoms with van der Waals surface area (Å²) in [6.07, 6.45) is 3.33. The van der Waals surface area contributed by atoms with Gasteiger partial charge in [0.2, 0.25) is 5.91 Å². The first-order chi connectivity index (χ1) is 10.1. The zero-order valence-electron chi connectivity index (χ0n) is 12.4. The van der Waals surface area contributed by atoms with Crippen LogP contribution in [0.4, 0.5) is 5.69 Å². The maximum atomic E-state index is 12.1. The standard InChI is InChI=1S/C17H20BrNOS/c1-3-13-7-4-6-12(2)17(13)19-16(20)9-5-8-14-10-11-15(18)21-14/h4,6-7,10-11H,3,5,8-9H2,1-2H3,(H,19,20). The fraction of sp³-hybridized carbons (Fsp3) is 0.353. The van der Waals surface area contributed by atoms with E-state index in [-0.39, 0.29) is 5.91 Å². The van der Waals surface area contributed by atoms with Gasteiger partial charge in [-0.1, -0.05) is 25.1 Å². The summed E-state index contributed by atoms with van der Waals surface area (Å²) in [6.45, 7) is 4.15. The van der Waals surface area contributed by atoms with Crippen LogP contribution >= 0.6 is 27.3 Å². The van der Waals surface area contributed by atoms with Crippen molar-refractivity contribution in [1.82, 2.24) is 0 Å². The monoisotopic (exact) mass is 365 g/mol. The third-order valence-electron chi connectivity index (χ3n) is 3.46. The number of hydrogen-bond donors (Lipinski definition) is 1. The van der Waals surface area contributed by atoms with Crippen molar-refractivity contribution in [1.29, 1.82) is 0 Å². The maximum absolute atomic E-state index is 12.1. The summed E-state index contributed by atoms with van der Waals surface area (Å²) in [4.78, 5) is 13.4. The van der Waals surface area contributed by atoms with Crippen LogP contribution in [-0.4, -0.2) is 5.91 Å². The Kier molecular flexibility index (Phi) is 6.00. The summed E-state index contributed by atoms with van der Waals surface area (Å²) in [6, 6.07) is 10.3. The highest BCUT2D eigenvalue weighted by Crippen LogP contribution is 2.24. The Hall–Kier alpha value is -1.13. The lowest BCUT2D eigenvalue weighted by Gasteiger charge is -2.12. The Bertz CT molecular complexity index is 621.